The van der Waals surface area contributed by atoms with Crippen molar-refractivity contribution < 1.29 is 4.74 Å². The normalized spacial score (nSPS) is 24.8. The zero-order valence-corrected chi connectivity index (χ0v) is 10.4. The Morgan fingerprint density at radius 1 is 1.25 bits per heavy atom. The molecule has 0 bridgehead atoms. The molecule has 0 N–H and O–H groups in total. The summed E-state index contributed by atoms with van der Waals surface area (Å²) in [4.78, 5) is 0. The van der Waals surface area contributed by atoms with Crippen molar-refractivity contribution >= 4 is 31.9 Å². The Balaban J connectivity index is 2.18. The molecule has 1 aliphatic rings. The van der Waals surface area contributed by atoms with Gasteiger partial charge < -0.3 is 4.74 Å². The van der Waals surface area contributed by atoms with Crippen molar-refractivity contribution in [1.29, 1.82) is 0 Å². The van der Waals surface area contributed by atoms with E-state index in [1.807, 2.05) is 0 Å². The van der Waals surface area contributed by atoms with Gasteiger partial charge in [0.05, 0.1) is 6.10 Å². The van der Waals surface area contributed by atoms with Crippen LogP contribution >= 0.6 is 31.9 Å². The van der Waals surface area contributed by atoms with Gasteiger partial charge >= 0.3 is 0 Å². The molecule has 72 valence electrons. The summed E-state index contributed by atoms with van der Waals surface area (Å²) in [6.45, 7) is 0.974. The molecule has 1 saturated heterocycles. The quantitative estimate of drug-likeness (QED) is 0.724. The number of ether oxygens (including phenoxy) is 1. The molecule has 12 heavy (non-hydrogen) atoms. The van der Waals surface area contributed by atoms with Gasteiger partial charge in [0, 0.05) is 17.3 Å². The van der Waals surface area contributed by atoms with Crippen LogP contribution in [0.25, 0.3) is 0 Å². The summed E-state index contributed by atoms with van der Waals surface area (Å²) in [5, 5.41) is 2.16. The van der Waals surface area contributed by atoms with Crippen molar-refractivity contribution in [1.82, 2.24) is 0 Å². The van der Waals surface area contributed by atoms with Crippen LogP contribution in [0.15, 0.2) is 0 Å². The molecule has 0 radical (unpaired) electrons. The number of rotatable bonds is 4. The van der Waals surface area contributed by atoms with Crippen LogP contribution in [-0.4, -0.2) is 23.4 Å². The average molecular weight is 300 g/mol. The molecule has 1 rings (SSSR count). The first-order valence-corrected chi connectivity index (χ1v) is 6.84. The lowest BCUT2D eigenvalue weighted by Gasteiger charge is -2.25. The third-order valence-corrected chi connectivity index (χ3v) is 4.14. The minimum absolute atomic E-state index is 0.527. The molecule has 1 heterocycles. The van der Waals surface area contributed by atoms with E-state index >= 15 is 0 Å². The van der Waals surface area contributed by atoms with E-state index in [0.717, 1.165) is 23.2 Å². The first kappa shape index (κ1) is 11.0. The maximum Gasteiger partial charge on any atom is 0.0578 e. The van der Waals surface area contributed by atoms with Crippen molar-refractivity contribution in [3.05, 3.63) is 0 Å². The Bertz CT molecular complexity index is 109. The summed E-state index contributed by atoms with van der Waals surface area (Å²) >= 11 is 7.03. The monoisotopic (exact) mass is 298 g/mol. The lowest BCUT2D eigenvalue weighted by Crippen LogP contribution is -2.23. The standard InChI is InChI=1S/C9H16Br2O/c10-6-8(7-11)5-9-3-1-2-4-12-9/h8-9H,1-7H2. The Kier molecular flexibility index (Phi) is 5.85. The summed E-state index contributed by atoms with van der Waals surface area (Å²) < 4.78 is 5.67. The zero-order chi connectivity index (χ0) is 8.81. The predicted octanol–water partition coefficient (Wildman–Crippen LogP) is 3.35. The molecule has 1 atom stereocenters. The second kappa shape index (κ2) is 6.39. The lowest BCUT2D eigenvalue weighted by atomic mass is 10.00. The summed E-state index contributed by atoms with van der Waals surface area (Å²) in [5.41, 5.74) is 0. The van der Waals surface area contributed by atoms with E-state index in [9.17, 15) is 0 Å². The molecular formula is C9H16Br2O. The molecule has 0 aliphatic carbocycles. The third kappa shape index (κ3) is 3.75. The molecule has 1 aliphatic heterocycles. The average Bonchev–Trinajstić information content (AvgIpc) is 2.16. The second-order valence-electron chi connectivity index (χ2n) is 3.40. The topological polar surface area (TPSA) is 9.23 Å². The van der Waals surface area contributed by atoms with Crippen molar-refractivity contribution in [3.8, 4) is 0 Å². The molecule has 0 amide bonds. The van der Waals surface area contributed by atoms with Crippen LogP contribution in [0.2, 0.25) is 0 Å². The minimum atomic E-state index is 0.527. The van der Waals surface area contributed by atoms with Crippen molar-refractivity contribution in [3.63, 3.8) is 0 Å². The minimum Gasteiger partial charge on any atom is -0.378 e. The van der Waals surface area contributed by atoms with Crippen molar-refractivity contribution in [2.45, 2.75) is 31.8 Å². The van der Waals surface area contributed by atoms with Crippen LogP contribution in [0, 0.1) is 5.92 Å². The highest BCUT2D eigenvalue weighted by Gasteiger charge is 2.17. The fraction of sp³-hybridized carbons (Fsp3) is 1.00. The van der Waals surface area contributed by atoms with Crippen LogP contribution in [-0.2, 0) is 4.74 Å². The summed E-state index contributed by atoms with van der Waals surface area (Å²) in [6, 6.07) is 0. The SMILES string of the molecule is BrCC(CBr)CC1CCCCO1. The van der Waals surface area contributed by atoms with E-state index in [2.05, 4.69) is 31.9 Å². The lowest BCUT2D eigenvalue weighted by molar-refractivity contribution is 0.00498. The Morgan fingerprint density at radius 2 is 2.00 bits per heavy atom. The third-order valence-electron chi connectivity index (χ3n) is 2.31. The highest BCUT2D eigenvalue weighted by Crippen LogP contribution is 2.21. The molecule has 0 aromatic rings. The highest BCUT2D eigenvalue weighted by atomic mass is 79.9. The van der Waals surface area contributed by atoms with Crippen LogP contribution in [0.5, 0.6) is 0 Å². The van der Waals surface area contributed by atoms with Crippen molar-refractivity contribution in [2.75, 3.05) is 17.3 Å². The van der Waals surface area contributed by atoms with Crippen LogP contribution in [0.4, 0.5) is 0 Å². The van der Waals surface area contributed by atoms with Gasteiger partial charge in [0.15, 0.2) is 0 Å². The predicted molar refractivity (Wildman–Crippen MR) is 59.3 cm³/mol. The Labute approximate surface area is 91.5 Å². The molecule has 3 heteroatoms. The fourth-order valence-corrected chi connectivity index (χ4v) is 3.13. The molecule has 1 unspecified atom stereocenters. The second-order valence-corrected chi connectivity index (χ2v) is 4.69. The molecular weight excluding hydrogens is 284 g/mol. The van der Waals surface area contributed by atoms with E-state index in [1.165, 1.54) is 25.7 Å². The Hall–Kier alpha value is 0.920. The summed E-state index contributed by atoms with van der Waals surface area (Å²) in [5.74, 6) is 0.730. The first-order valence-electron chi connectivity index (χ1n) is 4.60. The Morgan fingerprint density at radius 3 is 2.50 bits per heavy atom. The van der Waals surface area contributed by atoms with Gasteiger partial charge in [-0.25, -0.2) is 0 Å². The van der Waals surface area contributed by atoms with E-state index < -0.39 is 0 Å². The van der Waals surface area contributed by atoms with Gasteiger partial charge in [-0.05, 0) is 31.6 Å². The van der Waals surface area contributed by atoms with Crippen LogP contribution < -0.4 is 0 Å². The maximum atomic E-state index is 5.67. The van der Waals surface area contributed by atoms with E-state index in [4.69, 9.17) is 4.74 Å². The van der Waals surface area contributed by atoms with Gasteiger partial charge in [-0.2, -0.15) is 0 Å². The fourth-order valence-electron chi connectivity index (χ4n) is 1.53. The van der Waals surface area contributed by atoms with Gasteiger partial charge in [0.25, 0.3) is 0 Å². The van der Waals surface area contributed by atoms with Gasteiger partial charge in [-0.3, -0.25) is 0 Å². The van der Waals surface area contributed by atoms with Gasteiger partial charge in [0.1, 0.15) is 0 Å². The largest absolute Gasteiger partial charge is 0.378 e. The molecule has 1 fully saturated rings. The molecule has 0 aromatic heterocycles. The van der Waals surface area contributed by atoms with Crippen LogP contribution in [0.3, 0.4) is 0 Å². The zero-order valence-electron chi connectivity index (χ0n) is 7.27. The number of halogens is 2. The molecule has 0 saturated carbocycles. The van der Waals surface area contributed by atoms with E-state index in [-0.39, 0.29) is 0 Å². The van der Waals surface area contributed by atoms with Crippen LogP contribution in [0.1, 0.15) is 25.7 Å². The van der Waals surface area contributed by atoms with E-state index in [1.54, 1.807) is 0 Å². The smallest absolute Gasteiger partial charge is 0.0578 e. The van der Waals surface area contributed by atoms with Gasteiger partial charge in [-0.15, -0.1) is 0 Å². The number of hydrogen-bond acceptors (Lipinski definition) is 1. The summed E-state index contributed by atoms with van der Waals surface area (Å²) in [7, 11) is 0. The summed E-state index contributed by atoms with van der Waals surface area (Å²) in [6.07, 6.45) is 5.59. The first-order chi connectivity index (χ1) is 5.86. The van der Waals surface area contributed by atoms with Gasteiger partial charge in [0.2, 0.25) is 0 Å². The highest BCUT2D eigenvalue weighted by molar-refractivity contribution is 9.09. The molecule has 1 nitrogen and oxygen atoms in total. The van der Waals surface area contributed by atoms with Crippen molar-refractivity contribution in [2.24, 2.45) is 5.92 Å². The molecule has 0 spiro atoms. The number of hydrogen-bond donors (Lipinski definition) is 0. The van der Waals surface area contributed by atoms with Gasteiger partial charge in [-0.1, -0.05) is 31.9 Å². The molecule has 0 aromatic carbocycles. The number of alkyl halides is 2. The maximum absolute atomic E-state index is 5.67. The van der Waals surface area contributed by atoms with E-state index in [0.29, 0.717) is 6.10 Å².